The molecule has 0 saturated heterocycles. The number of alkyl carbamates (subject to hydrolysis) is 2. The summed E-state index contributed by atoms with van der Waals surface area (Å²) in [6, 6.07) is 13.7. The van der Waals surface area contributed by atoms with Gasteiger partial charge in [0.25, 0.3) is 0 Å². The molecule has 0 atom stereocenters. The van der Waals surface area contributed by atoms with E-state index in [1.54, 1.807) is 36.4 Å². The van der Waals surface area contributed by atoms with Crippen LogP contribution >= 0.6 is 0 Å². The number of hydrogen-bond acceptors (Lipinski definition) is 7. The molecular weight excluding hydrogens is 528 g/mol. The minimum atomic E-state index is -0.957. The van der Waals surface area contributed by atoms with Gasteiger partial charge in [-0.3, -0.25) is 0 Å². The molecular formula is C31H40N2O8. The lowest BCUT2D eigenvalue weighted by Crippen LogP contribution is -2.39. The van der Waals surface area contributed by atoms with Crippen molar-refractivity contribution in [2.45, 2.75) is 89.5 Å². The van der Waals surface area contributed by atoms with Crippen LogP contribution in [0.4, 0.5) is 9.59 Å². The van der Waals surface area contributed by atoms with E-state index in [-0.39, 0.29) is 17.1 Å². The number of nitrogens with one attached hydrogen (secondary N) is 2. The molecule has 222 valence electrons. The van der Waals surface area contributed by atoms with Crippen LogP contribution in [0, 0.1) is 0 Å². The molecule has 0 heterocycles. The highest BCUT2D eigenvalue weighted by Gasteiger charge is 2.47. The molecule has 0 radical (unpaired) electrons. The van der Waals surface area contributed by atoms with Gasteiger partial charge in [-0.2, -0.15) is 0 Å². The highest BCUT2D eigenvalue weighted by atomic mass is 16.6. The summed E-state index contributed by atoms with van der Waals surface area (Å²) in [6.07, 6.45) is 2.53. The number of carbonyl (C=O) groups excluding carboxylic acids is 3. The first-order chi connectivity index (χ1) is 19.0. The van der Waals surface area contributed by atoms with E-state index in [1.807, 2.05) is 53.7 Å². The van der Waals surface area contributed by atoms with E-state index >= 15 is 0 Å². The average Bonchev–Trinajstić information content (AvgIpc) is 3.80. The molecule has 4 rings (SSSR count). The smallest absolute Gasteiger partial charge is 0.408 e. The van der Waals surface area contributed by atoms with Crippen LogP contribution in [0.5, 0.6) is 0 Å². The molecule has 0 bridgehead atoms. The van der Waals surface area contributed by atoms with Gasteiger partial charge >= 0.3 is 24.1 Å². The zero-order valence-corrected chi connectivity index (χ0v) is 24.8. The van der Waals surface area contributed by atoms with E-state index in [0.29, 0.717) is 5.56 Å². The molecule has 2 amide bonds. The van der Waals surface area contributed by atoms with Gasteiger partial charge in [-0.15, -0.1) is 0 Å². The number of ether oxygens (including phenoxy) is 3. The highest BCUT2D eigenvalue weighted by molar-refractivity contribution is 5.89. The fourth-order valence-electron chi connectivity index (χ4n) is 4.19. The fraction of sp³-hybridized carbons (Fsp3) is 0.484. The molecule has 3 N–H and O–H groups in total. The third kappa shape index (κ3) is 8.96. The number of hydrogen-bond donors (Lipinski definition) is 3. The van der Waals surface area contributed by atoms with Crippen molar-refractivity contribution >= 4 is 24.1 Å². The van der Waals surface area contributed by atoms with E-state index < -0.39 is 34.9 Å². The summed E-state index contributed by atoms with van der Waals surface area (Å²) >= 11 is 0. The molecule has 2 aromatic carbocycles. The number of methoxy groups -OCH3 is 1. The summed E-state index contributed by atoms with van der Waals surface area (Å²) in [4.78, 5) is 46.0. The number of esters is 1. The third-order valence-electron chi connectivity index (χ3n) is 6.52. The number of amides is 2. The van der Waals surface area contributed by atoms with Crippen LogP contribution in [-0.2, 0) is 25.3 Å². The van der Waals surface area contributed by atoms with E-state index in [9.17, 15) is 19.2 Å². The summed E-state index contributed by atoms with van der Waals surface area (Å²) in [7, 11) is 1.35. The Kier molecular flexibility index (Phi) is 9.05. The van der Waals surface area contributed by atoms with E-state index in [4.69, 9.17) is 14.6 Å². The summed E-state index contributed by atoms with van der Waals surface area (Å²) in [5.74, 6) is -1.33. The van der Waals surface area contributed by atoms with Gasteiger partial charge in [0.1, 0.15) is 11.2 Å². The quantitative estimate of drug-likeness (QED) is 0.290. The molecule has 0 spiro atoms. The lowest BCUT2D eigenvalue weighted by molar-refractivity contribution is 0.0483. The predicted octanol–water partition coefficient (Wildman–Crippen LogP) is 5.89. The van der Waals surface area contributed by atoms with Crippen molar-refractivity contribution in [2.75, 3.05) is 7.11 Å². The Balaban J connectivity index is 0.000000226. The molecule has 2 aliphatic rings. The van der Waals surface area contributed by atoms with Crippen molar-refractivity contribution in [1.29, 1.82) is 0 Å². The average molecular weight is 569 g/mol. The van der Waals surface area contributed by atoms with E-state index in [1.165, 1.54) is 7.11 Å². The molecule has 2 aliphatic carbocycles. The SMILES string of the molecule is CC(C)(C)OC(=O)NC1(c2ccc(C(=O)O)cc2)CC1.COC(=O)c1ccc(C2(NC(=O)OC(C)(C)C)CC2)cc1. The van der Waals surface area contributed by atoms with Crippen molar-refractivity contribution in [2.24, 2.45) is 0 Å². The zero-order valence-electron chi connectivity index (χ0n) is 24.8. The molecule has 2 aromatic rings. The molecule has 10 nitrogen and oxygen atoms in total. The zero-order chi connectivity index (χ0) is 30.6. The van der Waals surface area contributed by atoms with Gasteiger partial charge in [0, 0.05) is 0 Å². The van der Waals surface area contributed by atoms with Crippen LogP contribution in [-0.4, -0.2) is 47.5 Å². The van der Waals surface area contributed by atoms with Gasteiger partial charge in [-0.1, -0.05) is 24.3 Å². The Bertz CT molecular complexity index is 1260. The van der Waals surface area contributed by atoms with Gasteiger partial charge in [0.2, 0.25) is 0 Å². The van der Waals surface area contributed by atoms with Crippen molar-refractivity contribution in [1.82, 2.24) is 10.6 Å². The number of carboxylic acid groups (broad SMARTS) is 1. The minimum absolute atomic E-state index is 0.238. The van der Waals surface area contributed by atoms with Crippen molar-refractivity contribution in [3.63, 3.8) is 0 Å². The van der Waals surface area contributed by atoms with Crippen LogP contribution in [0.25, 0.3) is 0 Å². The molecule has 0 aromatic heterocycles. The summed E-state index contributed by atoms with van der Waals surface area (Å²) in [6.45, 7) is 10.9. The van der Waals surface area contributed by atoms with Crippen LogP contribution in [0.3, 0.4) is 0 Å². The highest BCUT2D eigenvalue weighted by Crippen LogP contribution is 2.46. The Hall–Kier alpha value is -4.08. The van der Waals surface area contributed by atoms with E-state index in [0.717, 1.165) is 36.8 Å². The third-order valence-corrected chi connectivity index (χ3v) is 6.52. The molecule has 10 heteroatoms. The van der Waals surface area contributed by atoms with Gasteiger partial charge in [-0.25, -0.2) is 19.2 Å². The van der Waals surface area contributed by atoms with Gasteiger partial charge < -0.3 is 30.0 Å². The second kappa shape index (κ2) is 11.8. The Morgan fingerprint density at radius 3 is 1.27 bits per heavy atom. The van der Waals surface area contributed by atoms with Gasteiger partial charge in [0.15, 0.2) is 0 Å². The Morgan fingerprint density at radius 2 is 1.00 bits per heavy atom. The number of carboxylic acids is 1. The van der Waals surface area contributed by atoms with Gasteiger partial charge in [-0.05, 0) is 103 Å². The maximum absolute atomic E-state index is 11.9. The number of benzene rings is 2. The Labute approximate surface area is 240 Å². The van der Waals surface area contributed by atoms with Crippen LogP contribution in [0.15, 0.2) is 48.5 Å². The first-order valence-electron chi connectivity index (χ1n) is 13.5. The second-order valence-corrected chi connectivity index (χ2v) is 12.4. The lowest BCUT2D eigenvalue weighted by Gasteiger charge is -2.23. The molecule has 0 aliphatic heterocycles. The standard InChI is InChI=1S/C16H21NO4.C15H19NO4/c1-15(2,3)21-14(19)17-16(9-10-16)12-7-5-11(6-8-12)13(18)20-4;1-14(2,3)20-13(19)16-15(8-9-15)11-6-4-10(5-7-11)12(17)18/h5-8H,9-10H2,1-4H3,(H,17,19);4-7H,8-9H2,1-3H3,(H,16,19)(H,17,18). The molecule has 2 fully saturated rings. The Morgan fingerprint density at radius 1 is 0.659 bits per heavy atom. The number of carbonyl (C=O) groups is 4. The number of aromatic carboxylic acids is 1. The predicted molar refractivity (Wildman–Crippen MR) is 152 cm³/mol. The monoisotopic (exact) mass is 568 g/mol. The van der Waals surface area contributed by atoms with Crippen molar-refractivity contribution < 1.29 is 38.5 Å². The fourth-order valence-corrected chi connectivity index (χ4v) is 4.19. The largest absolute Gasteiger partial charge is 0.478 e. The normalized spacial score (nSPS) is 16.2. The number of rotatable bonds is 6. The maximum atomic E-state index is 11.9. The summed E-state index contributed by atoms with van der Waals surface area (Å²) in [5.41, 5.74) is 0.795. The van der Waals surface area contributed by atoms with Crippen molar-refractivity contribution in [3.8, 4) is 0 Å². The molecule has 2 saturated carbocycles. The summed E-state index contributed by atoms with van der Waals surface area (Å²) in [5, 5.41) is 14.7. The first-order valence-corrected chi connectivity index (χ1v) is 13.5. The van der Waals surface area contributed by atoms with Crippen molar-refractivity contribution in [3.05, 3.63) is 70.8 Å². The van der Waals surface area contributed by atoms with Crippen LogP contribution in [0.2, 0.25) is 0 Å². The maximum Gasteiger partial charge on any atom is 0.408 e. The minimum Gasteiger partial charge on any atom is -0.478 e. The van der Waals surface area contributed by atoms with Crippen LogP contribution in [0.1, 0.15) is 99.1 Å². The second-order valence-electron chi connectivity index (χ2n) is 12.4. The van der Waals surface area contributed by atoms with Crippen LogP contribution < -0.4 is 10.6 Å². The first kappa shape index (κ1) is 31.4. The summed E-state index contributed by atoms with van der Waals surface area (Å²) < 4.78 is 15.2. The van der Waals surface area contributed by atoms with Gasteiger partial charge in [0.05, 0.1) is 29.3 Å². The molecule has 41 heavy (non-hydrogen) atoms. The van der Waals surface area contributed by atoms with E-state index in [2.05, 4.69) is 15.4 Å². The molecule has 0 unspecified atom stereocenters. The lowest BCUT2D eigenvalue weighted by atomic mass is 10.0. The topological polar surface area (TPSA) is 140 Å².